The van der Waals surface area contributed by atoms with Crippen molar-refractivity contribution in [1.29, 1.82) is 0 Å². The fourth-order valence-corrected chi connectivity index (χ4v) is 4.78. The van der Waals surface area contributed by atoms with Gasteiger partial charge in [0.05, 0.1) is 6.61 Å². The summed E-state index contributed by atoms with van der Waals surface area (Å²) in [5, 5.41) is 9.54. The molecule has 0 aliphatic carbocycles. The van der Waals surface area contributed by atoms with E-state index in [2.05, 4.69) is 98.9 Å². The highest BCUT2D eigenvalue weighted by Gasteiger charge is 2.16. The summed E-state index contributed by atoms with van der Waals surface area (Å²) >= 11 is 0. The van der Waals surface area contributed by atoms with Crippen molar-refractivity contribution in [3.05, 3.63) is 85.1 Å². The first-order valence-electron chi connectivity index (χ1n) is 19.1. The molecule has 0 aromatic carbocycles. The third-order valence-corrected chi connectivity index (χ3v) is 7.67. The Morgan fingerprint density at radius 1 is 0.500 bits per heavy atom. The molecule has 1 atom stereocenters. The summed E-state index contributed by atoms with van der Waals surface area (Å²) in [6.07, 6.45) is 52.1. The van der Waals surface area contributed by atoms with Gasteiger partial charge in [0.2, 0.25) is 0 Å². The Kier molecular flexibility index (Phi) is 36.2. The zero-order valence-electron chi connectivity index (χ0n) is 30.7. The maximum atomic E-state index is 12.1. The molecule has 0 saturated carbocycles. The Morgan fingerprint density at radius 3 is 1.38 bits per heavy atom. The second-order valence-corrected chi connectivity index (χ2v) is 12.3. The second-order valence-electron chi connectivity index (χ2n) is 12.3. The fourth-order valence-electron chi connectivity index (χ4n) is 4.78. The molecule has 0 bridgehead atoms. The molecule has 0 aliphatic heterocycles. The topological polar surface area (TPSA) is 72.8 Å². The first-order chi connectivity index (χ1) is 23.6. The van der Waals surface area contributed by atoms with Gasteiger partial charge in [0.15, 0.2) is 6.10 Å². The van der Waals surface area contributed by atoms with Crippen molar-refractivity contribution >= 4 is 11.9 Å². The van der Waals surface area contributed by atoms with E-state index >= 15 is 0 Å². The number of aliphatic hydroxyl groups excluding tert-OH is 1. The molecule has 0 unspecified atom stereocenters. The van der Waals surface area contributed by atoms with Gasteiger partial charge in [-0.3, -0.25) is 9.59 Å². The smallest absolute Gasteiger partial charge is 0.306 e. The number of allylic oxidation sites excluding steroid dienone is 14. The average molecular weight is 667 g/mol. The van der Waals surface area contributed by atoms with Gasteiger partial charge < -0.3 is 14.6 Å². The van der Waals surface area contributed by atoms with Gasteiger partial charge in [0.1, 0.15) is 6.61 Å². The van der Waals surface area contributed by atoms with E-state index in [0.29, 0.717) is 12.8 Å². The summed E-state index contributed by atoms with van der Waals surface area (Å²) in [7, 11) is 0. The summed E-state index contributed by atoms with van der Waals surface area (Å²) in [5.74, 6) is -0.656. The maximum absolute atomic E-state index is 12.1. The molecule has 0 aromatic heterocycles. The molecule has 1 N–H and O–H groups in total. The van der Waals surface area contributed by atoms with Crippen LogP contribution in [0.25, 0.3) is 0 Å². The highest BCUT2D eigenvalue weighted by molar-refractivity contribution is 5.70. The van der Waals surface area contributed by atoms with E-state index in [1.54, 1.807) is 0 Å². The van der Waals surface area contributed by atoms with Crippen LogP contribution in [0, 0.1) is 0 Å². The number of carbonyl (C=O) groups is 2. The van der Waals surface area contributed by atoms with E-state index in [4.69, 9.17) is 9.47 Å². The Balaban J connectivity index is 3.70. The molecular formula is C43H70O5. The minimum Gasteiger partial charge on any atom is -0.462 e. The predicted molar refractivity (Wildman–Crippen MR) is 205 cm³/mol. The van der Waals surface area contributed by atoms with Gasteiger partial charge in [-0.25, -0.2) is 0 Å². The van der Waals surface area contributed by atoms with Crippen molar-refractivity contribution < 1.29 is 24.2 Å². The molecule has 0 rings (SSSR count). The highest BCUT2D eigenvalue weighted by atomic mass is 16.6. The van der Waals surface area contributed by atoms with Crippen LogP contribution in [0.1, 0.15) is 155 Å². The van der Waals surface area contributed by atoms with Crippen LogP contribution in [0.2, 0.25) is 0 Å². The summed E-state index contributed by atoms with van der Waals surface area (Å²) in [4.78, 5) is 24.2. The summed E-state index contributed by atoms with van der Waals surface area (Å²) < 4.78 is 10.6. The molecule has 0 aromatic rings. The van der Waals surface area contributed by atoms with Crippen molar-refractivity contribution in [3.8, 4) is 0 Å². The summed E-state index contributed by atoms with van der Waals surface area (Å²) in [5.41, 5.74) is 0. The quantitative estimate of drug-likeness (QED) is 0.0429. The zero-order valence-corrected chi connectivity index (χ0v) is 30.7. The van der Waals surface area contributed by atoms with Crippen molar-refractivity contribution in [3.63, 3.8) is 0 Å². The normalized spacial score (nSPS) is 13.1. The number of aliphatic hydroxyl groups is 1. The number of unbranched alkanes of at least 4 members (excludes halogenated alkanes) is 11. The maximum Gasteiger partial charge on any atom is 0.306 e. The molecule has 0 heterocycles. The molecule has 0 saturated heterocycles. The molecule has 0 aliphatic rings. The van der Waals surface area contributed by atoms with E-state index in [1.807, 2.05) is 0 Å². The number of ether oxygens (including phenoxy) is 2. The van der Waals surface area contributed by atoms with Crippen LogP contribution in [0.15, 0.2) is 85.1 Å². The number of hydrogen-bond acceptors (Lipinski definition) is 5. The molecule has 272 valence electrons. The SMILES string of the molecule is CC/C=C/C/C=C/C/C=C/CCCCCCCC(=O)O[C@@H](CO)COC(=O)CCCCC/C=C/C/C=C/C/C=C/C/C=C/CCCCC. The first kappa shape index (κ1) is 45.1. The minimum absolute atomic E-state index is 0.0947. The third-order valence-electron chi connectivity index (χ3n) is 7.67. The molecule has 48 heavy (non-hydrogen) atoms. The Hall–Kier alpha value is -2.92. The lowest BCUT2D eigenvalue weighted by Gasteiger charge is -2.15. The van der Waals surface area contributed by atoms with E-state index in [1.165, 1.54) is 25.7 Å². The lowest BCUT2D eigenvalue weighted by atomic mass is 10.1. The summed E-state index contributed by atoms with van der Waals surface area (Å²) in [6.45, 7) is 3.93. The Morgan fingerprint density at radius 2 is 0.896 bits per heavy atom. The molecule has 5 nitrogen and oxygen atoms in total. The van der Waals surface area contributed by atoms with E-state index in [-0.39, 0.29) is 25.2 Å². The molecule has 0 radical (unpaired) electrons. The monoisotopic (exact) mass is 667 g/mol. The molecule has 0 spiro atoms. The van der Waals surface area contributed by atoms with Crippen molar-refractivity contribution in [2.24, 2.45) is 0 Å². The van der Waals surface area contributed by atoms with Crippen LogP contribution in [0.4, 0.5) is 0 Å². The second kappa shape index (κ2) is 38.5. The molecule has 5 heteroatoms. The molecular weight excluding hydrogens is 596 g/mol. The van der Waals surface area contributed by atoms with Gasteiger partial charge in [-0.1, -0.05) is 137 Å². The standard InChI is InChI=1S/C43H70O5/c1-3-5-7-9-11-13-15-17-19-20-21-22-24-25-27-29-31-33-35-37-42(45)47-40-41(39-44)48-43(46)38-36-34-32-30-28-26-23-18-16-14-12-10-8-6-4-2/h6,8,11-14,17-19,21-23,25,27,41,44H,3-5,7,9-10,15-16,20,24,26,28-40H2,1-2H3/b8-6+,13-11+,14-12+,19-17+,22-21+,23-18+,27-25+/t41-/m0/s1. The van der Waals surface area contributed by atoms with Crippen LogP contribution in [-0.2, 0) is 19.1 Å². The van der Waals surface area contributed by atoms with Gasteiger partial charge in [-0.2, -0.15) is 0 Å². The van der Waals surface area contributed by atoms with Crippen LogP contribution < -0.4 is 0 Å². The predicted octanol–water partition coefficient (Wildman–Crippen LogP) is 11.9. The van der Waals surface area contributed by atoms with E-state index in [0.717, 1.165) is 103 Å². The van der Waals surface area contributed by atoms with E-state index in [9.17, 15) is 14.7 Å². The first-order valence-corrected chi connectivity index (χ1v) is 19.1. The Labute approximate surface area is 295 Å². The van der Waals surface area contributed by atoms with Gasteiger partial charge in [0, 0.05) is 12.8 Å². The summed E-state index contributed by atoms with van der Waals surface area (Å²) in [6, 6.07) is 0. The molecule has 0 fully saturated rings. The van der Waals surface area contributed by atoms with Gasteiger partial charge in [-0.05, 0) is 89.9 Å². The van der Waals surface area contributed by atoms with Crippen LogP contribution >= 0.6 is 0 Å². The van der Waals surface area contributed by atoms with Gasteiger partial charge >= 0.3 is 11.9 Å². The third kappa shape index (κ3) is 35.9. The number of esters is 2. The van der Waals surface area contributed by atoms with Crippen LogP contribution in [0.3, 0.4) is 0 Å². The van der Waals surface area contributed by atoms with Crippen LogP contribution in [0.5, 0.6) is 0 Å². The van der Waals surface area contributed by atoms with E-state index < -0.39 is 6.10 Å². The van der Waals surface area contributed by atoms with Crippen LogP contribution in [-0.4, -0.2) is 36.4 Å². The fraction of sp³-hybridized carbons (Fsp3) is 0.628. The van der Waals surface area contributed by atoms with Crippen molar-refractivity contribution in [2.45, 2.75) is 161 Å². The van der Waals surface area contributed by atoms with Gasteiger partial charge in [0.25, 0.3) is 0 Å². The lowest BCUT2D eigenvalue weighted by Crippen LogP contribution is -2.28. The van der Waals surface area contributed by atoms with Crippen molar-refractivity contribution in [2.75, 3.05) is 13.2 Å². The zero-order chi connectivity index (χ0) is 35.0. The largest absolute Gasteiger partial charge is 0.462 e. The highest BCUT2D eigenvalue weighted by Crippen LogP contribution is 2.10. The number of carbonyl (C=O) groups excluding carboxylic acids is 2. The minimum atomic E-state index is -0.798. The lowest BCUT2D eigenvalue weighted by molar-refractivity contribution is -0.161. The van der Waals surface area contributed by atoms with Gasteiger partial charge in [-0.15, -0.1) is 0 Å². The Bertz CT molecular complexity index is 937. The van der Waals surface area contributed by atoms with Crippen molar-refractivity contribution in [1.82, 2.24) is 0 Å². The number of rotatable bonds is 33. The molecule has 0 amide bonds. The average Bonchev–Trinajstić information content (AvgIpc) is 3.09. The number of hydrogen-bond donors (Lipinski definition) is 1.